The fraction of sp³-hybridized carbons (Fsp3) is 0.917. The molecule has 94 valence electrons. The van der Waals surface area contributed by atoms with E-state index in [9.17, 15) is 9.90 Å². The van der Waals surface area contributed by atoms with Gasteiger partial charge in [-0.1, -0.05) is 32.6 Å². The number of aliphatic hydroxyl groups is 1. The Morgan fingerprint density at radius 1 is 1.44 bits per heavy atom. The summed E-state index contributed by atoms with van der Waals surface area (Å²) in [6, 6.07) is -0.433. The molecule has 0 bridgehead atoms. The van der Waals surface area contributed by atoms with Crippen LogP contribution in [0.25, 0.3) is 0 Å². The van der Waals surface area contributed by atoms with E-state index in [-0.39, 0.29) is 5.91 Å². The average Bonchev–Trinajstić information content (AvgIpc) is 2.27. The van der Waals surface area contributed by atoms with E-state index in [1.54, 1.807) is 0 Å². The van der Waals surface area contributed by atoms with Gasteiger partial charge in [0.15, 0.2) is 0 Å². The number of nitrogens with one attached hydrogen (secondary N) is 1. The number of carbonyl (C=O) groups excluding carboxylic acids is 1. The van der Waals surface area contributed by atoms with E-state index in [0.717, 1.165) is 32.1 Å². The number of amides is 1. The van der Waals surface area contributed by atoms with Crippen LogP contribution in [0.15, 0.2) is 0 Å². The molecule has 0 aromatic rings. The van der Waals surface area contributed by atoms with Crippen LogP contribution in [0.4, 0.5) is 0 Å². The van der Waals surface area contributed by atoms with Crippen molar-refractivity contribution in [2.24, 2.45) is 5.73 Å². The second-order valence-corrected chi connectivity index (χ2v) is 4.90. The minimum Gasteiger partial charge on any atom is -0.388 e. The molecule has 1 amide bonds. The van der Waals surface area contributed by atoms with Crippen molar-refractivity contribution in [1.82, 2.24) is 5.32 Å². The van der Waals surface area contributed by atoms with E-state index < -0.39 is 11.6 Å². The van der Waals surface area contributed by atoms with E-state index in [2.05, 4.69) is 5.32 Å². The summed E-state index contributed by atoms with van der Waals surface area (Å²) in [6.07, 6.45) is 6.46. The van der Waals surface area contributed by atoms with Crippen LogP contribution in [0.3, 0.4) is 0 Å². The zero-order valence-electron chi connectivity index (χ0n) is 10.2. The first kappa shape index (κ1) is 13.5. The van der Waals surface area contributed by atoms with Gasteiger partial charge in [0, 0.05) is 6.54 Å². The second kappa shape index (κ2) is 6.21. The van der Waals surface area contributed by atoms with Gasteiger partial charge >= 0.3 is 0 Å². The minimum atomic E-state index is -0.695. The molecule has 1 unspecified atom stereocenters. The molecule has 0 aromatic heterocycles. The van der Waals surface area contributed by atoms with Crippen molar-refractivity contribution in [3.63, 3.8) is 0 Å². The molecular formula is C12H24N2O2. The summed E-state index contributed by atoms with van der Waals surface area (Å²) in [5.74, 6) is -0.138. The molecule has 1 aliphatic carbocycles. The average molecular weight is 228 g/mol. The van der Waals surface area contributed by atoms with Crippen molar-refractivity contribution in [3.05, 3.63) is 0 Å². The minimum absolute atomic E-state index is 0.138. The molecule has 0 aliphatic heterocycles. The maximum absolute atomic E-state index is 11.6. The lowest BCUT2D eigenvalue weighted by Gasteiger charge is -2.32. The van der Waals surface area contributed by atoms with Gasteiger partial charge in [-0.3, -0.25) is 4.79 Å². The van der Waals surface area contributed by atoms with Crippen LogP contribution >= 0.6 is 0 Å². The van der Waals surface area contributed by atoms with Crippen LogP contribution in [0.1, 0.15) is 51.9 Å². The van der Waals surface area contributed by atoms with Crippen LogP contribution in [0.5, 0.6) is 0 Å². The highest BCUT2D eigenvalue weighted by Gasteiger charge is 2.29. The fourth-order valence-electron chi connectivity index (χ4n) is 2.21. The third-order valence-corrected chi connectivity index (χ3v) is 3.31. The third-order valence-electron chi connectivity index (χ3n) is 3.31. The quantitative estimate of drug-likeness (QED) is 0.655. The number of nitrogens with two attached hydrogens (primary N) is 1. The lowest BCUT2D eigenvalue weighted by molar-refractivity contribution is -0.124. The Kier molecular flexibility index (Phi) is 5.22. The lowest BCUT2D eigenvalue weighted by Crippen LogP contribution is -2.48. The van der Waals surface area contributed by atoms with Crippen molar-refractivity contribution in [3.8, 4) is 0 Å². The predicted octanol–water partition coefficient (Wildman–Crippen LogP) is 0.925. The van der Waals surface area contributed by atoms with Crippen LogP contribution < -0.4 is 11.1 Å². The van der Waals surface area contributed by atoms with Crippen molar-refractivity contribution in [2.45, 2.75) is 63.5 Å². The summed E-state index contributed by atoms with van der Waals surface area (Å²) in [6.45, 7) is 2.35. The number of rotatable bonds is 5. The van der Waals surface area contributed by atoms with Gasteiger partial charge in [0.1, 0.15) is 0 Å². The van der Waals surface area contributed by atoms with Gasteiger partial charge in [0.25, 0.3) is 0 Å². The maximum Gasteiger partial charge on any atom is 0.237 e. The third kappa shape index (κ3) is 4.10. The molecule has 1 rings (SSSR count). The van der Waals surface area contributed by atoms with E-state index >= 15 is 0 Å². The van der Waals surface area contributed by atoms with Crippen LogP contribution in [0.2, 0.25) is 0 Å². The van der Waals surface area contributed by atoms with E-state index in [1.807, 2.05) is 6.92 Å². The Morgan fingerprint density at radius 3 is 2.62 bits per heavy atom. The van der Waals surface area contributed by atoms with Gasteiger partial charge in [-0.15, -0.1) is 0 Å². The Morgan fingerprint density at radius 2 is 2.06 bits per heavy atom. The summed E-state index contributed by atoms with van der Waals surface area (Å²) in [5, 5.41) is 12.9. The highest BCUT2D eigenvalue weighted by Crippen LogP contribution is 2.27. The smallest absolute Gasteiger partial charge is 0.237 e. The predicted molar refractivity (Wildman–Crippen MR) is 63.9 cm³/mol. The summed E-state index contributed by atoms with van der Waals surface area (Å²) in [4.78, 5) is 11.6. The van der Waals surface area contributed by atoms with Crippen molar-refractivity contribution in [2.75, 3.05) is 6.54 Å². The lowest BCUT2D eigenvalue weighted by atomic mass is 9.85. The molecule has 4 N–H and O–H groups in total. The summed E-state index contributed by atoms with van der Waals surface area (Å²) in [5.41, 5.74) is 5.00. The first-order valence-electron chi connectivity index (χ1n) is 6.33. The van der Waals surface area contributed by atoms with E-state index in [4.69, 9.17) is 5.73 Å². The summed E-state index contributed by atoms with van der Waals surface area (Å²) in [7, 11) is 0. The topological polar surface area (TPSA) is 75.4 Å². The number of hydrogen-bond acceptors (Lipinski definition) is 3. The Labute approximate surface area is 97.6 Å². The molecule has 0 radical (unpaired) electrons. The molecule has 1 aliphatic rings. The zero-order valence-corrected chi connectivity index (χ0v) is 10.2. The maximum atomic E-state index is 11.6. The normalized spacial score (nSPS) is 21.4. The zero-order chi connectivity index (χ0) is 12.0. The molecule has 0 aromatic carbocycles. The molecule has 0 saturated heterocycles. The van der Waals surface area contributed by atoms with Gasteiger partial charge < -0.3 is 16.2 Å². The fourth-order valence-corrected chi connectivity index (χ4v) is 2.21. The van der Waals surface area contributed by atoms with Crippen molar-refractivity contribution < 1.29 is 9.90 Å². The molecule has 1 fully saturated rings. The first-order valence-corrected chi connectivity index (χ1v) is 6.33. The van der Waals surface area contributed by atoms with Crippen molar-refractivity contribution in [1.29, 1.82) is 0 Å². The highest BCUT2D eigenvalue weighted by molar-refractivity contribution is 5.81. The highest BCUT2D eigenvalue weighted by atomic mass is 16.3. The molecule has 16 heavy (non-hydrogen) atoms. The number of hydrogen-bond donors (Lipinski definition) is 3. The van der Waals surface area contributed by atoms with Crippen LogP contribution in [-0.2, 0) is 4.79 Å². The van der Waals surface area contributed by atoms with Gasteiger partial charge in [-0.25, -0.2) is 0 Å². The van der Waals surface area contributed by atoms with Crippen LogP contribution in [0, 0.1) is 0 Å². The standard InChI is InChI=1S/C12H24N2O2/c1-2-6-10(13)11(15)14-9-12(16)7-4-3-5-8-12/h10,16H,2-9,13H2,1H3,(H,14,15). The van der Waals surface area contributed by atoms with Crippen LogP contribution in [-0.4, -0.2) is 29.2 Å². The monoisotopic (exact) mass is 228 g/mol. The Hall–Kier alpha value is -0.610. The summed E-state index contributed by atoms with van der Waals surface area (Å²) < 4.78 is 0. The molecule has 4 nitrogen and oxygen atoms in total. The largest absolute Gasteiger partial charge is 0.388 e. The molecule has 0 heterocycles. The van der Waals surface area contributed by atoms with Gasteiger partial charge in [-0.05, 0) is 19.3 Å². The SMILES string of the molecule is CCCC(N)C(=O)NCC1(O)CCCCC1. The van der Waals surface area contributed by atoms with Gasteiger partial charge in [-0.2, -0.15) is 0 Å². The molecule has 1 atom stereocenters. The summed E-state index contributed by atoms with van der Waals surface area (Å²) >= 11 is 0. The second-order valence-electron chi connectivity index (χ2n) is 4.90. The first-order chi connectivity index (χ1) is 7.57. The van der Waals surface area contributed by atoms with Gasteiger partial charge in [0.05, 0.1) is 11.6 Å². The van der Waals surface area contributed by atoms with Gasteiger partial charge in [0.2, 0.25) is 5.91 Å². The molecular weight excluding hydrogens is 204 g/mol. The number of carbonyl (C=O) groups is 1. The van der Waals surface area contributed by atoms with E-state index in [1.165, 1.54) is 6.42 Å². The Bertz CT molecular complexity index is 225. The van der Waals surface area contributed by atoms with Crippen molar-refractivity contribution >= 4 is 5.91 Å². The molecule has 0 spiro atoms. The Balaban J connectivity index is 2.29. The molecule has 1 saturated carbocycles. The van der Waals surface area contributed by atoms with E-state index in [0.29, 0.717) is 13.0 Å². The molecule has 4 heteroatoms.